The Morgan fingerprint density at radius 3 is 2.87 bits per heavy atom. The van der Waals surface area contributed by atoms with E-state index < -0.39 is 5.97 Å². The number of ether oxygens (including phenoxy) is 1. The predicted octanol–water partition coefficient (Wildman–Crippen LogP) is 2.95. The Bertz CT molecular complexity index is 735. The second kappa shape index (κ2) is 8.14. The van der Waals surface area contributed by atoms with Gasteiger partial charge in [0.2, 0.25) is 5.13 Å². The van der Waals surface area contributed by atoms with E-state index in [-0.39, 0.29) is 6.61 Å². The number of carbonyl (C=O) groups excluding carboxylic acids is 1. The number of esters is 1. The van der Waals surface area contributed by atoms with E-state index in [2.05, 4.69) is 21.6 Å². The Morgan fingerprint density at radius 2 is 2.22 bits per heavy atom. The average Bonchev–Trinajstić information content (AvgIpc) is 3.09. The fourth-order valence-electron chi connectivity index (χ4n) is 1.73. The van der Waals surface area contributed by atoms with Crippen LogP contribution in [0.25, 0.3) is 0 Å². The molecule has 0 aliphatic carbocycles. The zero-order valence-electron chi connectivity index (χ0n) is 12.6. The molecule has 0 unspecified atom stereocenters. The lowest BCUT2D eigenvalue weighted by molar-refractivity contribution is 0.0531. The average molecular weight is 369 g/mol. The summed E-state index contributed by atoms with van der Waals surface area (Å²) in [6.45, 7) is 4.75. The molecule has 2 rings (SSSR count). The smallest absolute Gasteiger partial charge is 0.348 e. The number of hydrogen-bond donors (Lipinski definition) is 2. The first-order chi connectivity index (χ1) is 11.1. The van der Waals surface area contributed by atoms with Gasteiger partial charge in [0.05, 0.1) is 12.2 Å². The third-order valence-electron chi connectivity index (χ3n) is 2.68. The Kier molecular flexibility index (Phi) is 6.20. The van der Waals surface area contributed by atoms with Crippen molar-refractivity contribution in [3.63, 3.8) is 0 Å². The molecule has 0 fully saturated rings. The number of thioether (sulfide) groups is 1. The van der Waals surface area contributed by atoms with Crippen LogP contribution in [0, 0.1) is 11.3 Å². The van der Waals surface area contributed by atoms with Gasteiger partial charge in [0.15, 0.2) is 4.34 Å². The molecular formula is C13H15N5O2S3. The van der Waals surface area contributed by atoms with Crippen LogP contribution in [0.5, 0.6) is 0 Å². The number of anilines is 2. The number of carbonyl (C=O) groups is 1. The van der Waals surface area contributed by atoms with Gasteiger partial charge in [-0.2, -0.15) is 5.26 Å². The van der Waals surface area contributed by atoms with Crippen LogP contribution >= 0.6 is 34.4 Å². The molecule has 2 aromatic heterocycles. The third-order valence-corrected chi connectivity index (χ3v) is 5.76. The third kappa shape index (κ3) is 4.13. The highest BCUT2D eigenvalue weighted by molar-refractivity contribution is 8.00. The lowest BCUT2D eigenvalue weighted by atomic mass is 10.2. The van der Waals surface area contributed by atoms with Crippen LogP contribution in [0.1, 0.15) is 34.6 Å². The maximum atomic E-state index is 12.0. The van der Waals surface area contributed by atoms with Gasteiger partial charge in [-0.05, 0) is 13.8 Å². The highest BCUT2D eigenvalue weighted by Gasteiger charge is 2.23. The molecule has 2 heterocycles. The predicted molar refractivity (Wildman–Crippen MR) is 93.0 cm³/mol. The number of nitrogens with two attached hydrogens (primary N) is 1. The first kappa shape index (κ1) is 17.5. The van der Waals surface area contributed by atoms with E-state index in [1.54, 1.807) is 6.92 Å². The molecular weight excluding hydrogens is 354 g/mol. The van der Waals surface area contributed by atoms with Crippen LogP contribution in [-0.4, -0.2) is 29.3 Å². The van der Waals surface area contributed by atoms with E-state index in [0.717, 1.165) is 27.4 Å². The summed E-state index contributed by atoms with van der Waals surface area (Å²) < 4.78 is 5.79. The minimum absolute atomic E-state index is 0.271. The van der Waals surface area contributed by atoms with Crippen molar-refractivity contribution in [1.29, 1.82) is 5.26 Å². The van der Waals surface area contributed by atoms with Gasteiger partial charge in [0.1, 0.15) is 15.9 Å². The normalized spacial score (nSPS) is 10.3. The van der Waals surface area contributed by atoms with Gasteiger partial charge < -0.3 is 15.8 Å². The maximum absolute atomic E-state index is 12.0. The second-order valence-corrected chi connectivity index (χ2v) is 7.43. The molecule has 0 saturated heterocycles. The SMILES string of the molecule is CCNc1nnc(SCc2c(C(=O)OCC)sc(N)c2C#N)s1. The summed E-state index contributed by atoms with van der Waals surface area (Å²) in [5.74, 6) is -0.0437. The number of nitrogens with one attached hydrogen (secondary N) is 1. The number of aromatic nitrogens is 2. The van der Waals surface area contributed by atoms with Crippen molar-refractivity contribution in [2.24, 2.45) is 0 Å². The second-order valence-electron chi connectivity index (χ2n) is 4.17. The van der Waals surface area contributed by atoms with Crippen LogP contribution in [-0.2, 0) is 10.5 Å². The molecule has 0 saturated carbocycles. The van der Waals surface area contributed by atoms with Crippen molar-refractivity contribution in [3.8, 4) is 6.07 Å². The molecule has 23 heavy (non-hydrogen) atoms. The van der Waals surface area contributed by atoms with Crippen molar-refractivity contribution in [1.82, 2.24) is 10.2 Å². The highest BCUT2D eigenvalue weighted by Crippen LogP contribution is 2.36. The molecule has 0 amide bonds. The first-order valence-electron chi connectivity index (χ1n) is 6.79. The van der Waals surface area contributed by atoms with Crippen molar-refractivity contribution < 1.29 is 9.53 Å². The van der Waals surface area contributed by atoms with E-state index >= 15 is 0 Å². The molecule has 10 heteroatoms. The zero-order chi connectivity index (χ0) is 16.8. The summed E-state index contributed by atoms with van der Waals surface area (Å²) >= 11 is 3.92. The van der Waals surface area contributed by atoms with Crippen LogP contribution in [0.2, 0.25) is 0 Å². The van der Waals surface area contributed by atoms with E-state index in [9.17, 15) is 10.1 Å². The molecule has 2 aromatic rings. The number of hydrogen-bond acceptors (Lipinski definition) is 10. The van der Waals surface area contributed by atoms with Gasteiger partial charge in [0, 0.05) is 17.9 Å². The number of rotatable bonds is 7. The fraction of sp³-hybridized carbons (Fsp3) is 0.385. The maximum Gasteiger partial charge on any atom is 0.348 e. The minimum Gasteiger partial charge on any atom is -0.462 e. The lowest BCUT2D eigenvalue weighted by Gasteiger charge is -2.03. The summed E-state index contributed by atoms with van der Waals surface area (Å²) in [6.07, 6.45) is 0. The van der Waals surface area contributed by atoms with Crippen LogP contribution in [0.4, 0.5) is 10.1 Å². The van der Waals surface area contributed by atoms with E-state index in [4.69, 9.17) is 10.5 Å². The van der Waals surface area contributed by atoms with Crippen molar-refractivity contribution in [3.05, 3.63) is 16.0 Å². The molecule has 0 atom stereocenters. The van der Waals surface area contributed by atoms with Gasteiger partial charge in [-0.25, -0.2) is 4.79 Å². The van der Waals surface area contributed by atoms with Crippen molar-refractivity contribution >= 4 is 50.5 Å². The number of nitrogen functional groups attached to an aromatic ring is 1. The van der Waals surface area contributed by atoms with Crippen LogP contribution in [0.15, 0.2) is 4.34 Å². The molecule has 7 nitrogen and oxygen atoms in total. The number of nitrogens with zero attached hydrogens (tertiary/aromatic N) is 3. The fourth-order valence-corrected chi connectivity index (χ4v) is 4.60. The highest BCUT2D eigenvalue weighted by atomic mass is 32.2. The van der Waals surface area contributed by atoms with Gasteiger partial charge in [-0.1, -0.05) is 23.1 Å². The molecule has 3 N–H and O–H groups in total. The van der Waals surface area contributed by atoms with Gasteiger partial charge in [-0.3, -0.25) is 0 Å². The Balaban J connectivity index is 2.20. The van der Waals surface area contributed by atoms with Crippen molar-refractivity contribution in [2.45, 2.75) is 23.9 Å². The van der Waals surface area contributed by atoms with E-state index in [1.807, 2.05) is 6.92 Å². The lowest BCUT2D eigenvalue weighted by Crippen LogP contribution is -2.05. The summed E-state index contributed by atoms with van der Waals surface area (Å²) in [4.78, 5) is 12.4. The molecule has 0 bridgehead atoms. The largest absolute Gasteiger partial charge is 0.462 e. The summed E-state index contributed by atoms with van der Waals surface area (Å²) in [7, 11) is 0. The van der Waals surface area contributed by atoms with Crippen molar-refractivity contribution in [2.75, 3.05) is 24.2 Å². The van der Waals surface area contributed by atoms with Gasteiger partial charge in [0.25, 0.3) is 0 Å². The van der Waals surface area contributed by atoms with Crippen LogP contribution in [0.3, 0.4) is 0 Å². The molecule has 0 spiro atoms. The van der Waals surface area contributed by atoms with Gasteiger partial charge >= 0.3 is 5.97 Å². The number of nitriles is 1. The minimum atomic E-state index is -0.452. The van der Waals surface area contributed by atoms with E-state index in [0.29, 0.717) is 26.8 Å². The summed E-state index contributed by atoms with van der Waals surface area (Å²) in [6, 6.07) is 2.06. The van der Waals surface area contributed by atoms with Gasteiger partial charge in [-0.15, -0.1) is 21.5 Å². The zero-order valence-corrected chi connectivity index (χ0v) is 15.0. The Labute approximate surface area is 145 Å². The Morgan fingerprint density at radius 1 is 1.43 bits per heavy atom. The quantitative estimate of drug-likeness (QED) is 0.565. The monoisotopic (exact) mass is 369 g/mol. The van der Waals surface area contributed by atoms with Crippen LogP contribution < -0.4 is 11.1 Å². The number of thiophene rings is 1. The molecule has 0 aliphatic rings. The van der Waals surface area contributed by atoms with E-state index in [1.165, 1.54) is 23.1 Å². The molecule has 122 valence electrons. The molecule has 0 aromatic carbocycles. The molecule has 0 aliphatic heterocycles. The Hall–Kier alpha value is -1.83. The summed E-state index contributed by atoms with van der Waals surface area (Å²) in [5.41, 5.74) is 6.77. The topological polar surface area (TPSA) is 114 Å². The molecule has 0 radical (unpaired) electrons. The standard InChI is InChI=1S/C13H15N5O2S3/c1-3-16-12-17-18-13(23-12)21-6-8-7(5-14)10(15)22-9(8)11(19)20-4-2/h3-4,6,15H2,1-2H3,(H,16,17). The summed E-state index contributed by atoms with van der Waals surface area (Å²) in [5, 5.41) is 21.5. The first-order valence-corrected chi connectivity index (χ1v) is 9.41.